The van der Waals surface area contributed by atoms with Gasteiger partial charge in [-0.2, -0.15) is 0 Å². The van der Waals surface area contributed by atoms with Gasteiger partial charge in [-0.05, 0) is 46.7 Å². The number of hydrogen-bond acceptors (Lipinski definition) is 4. The maximum atomic E-state index is 14.0. The van der Waals surface area contributed by atoms with Crippen molar-refractivity contribution in [2.75, 3.05) is 13.1 Å². The normalized spacial score (nSPS) is 17.6. The van der Waals surface area contributed by atoms with Crippen LogP contribution in [0.1, 0.15) is 37.3 Å². The van der Waals surface area contributed by atoms with E-state index < -0.39 is 6.04 Å². The zero-order chi connectivity index (χ0) is 25.9. The molecular weight excluding hydrogens is 462 g/mol. The summed E-state index contributed by atoms with van der Waals surface area (Å²) in [6.07, 6.45) is 6.03. The Hall–Kier alpha value is -4.06. The molecule has 1 saturated heterocycles. The highest BCUT2D eigenvalue weighted by atomic mass is 16.2. The zero-order valence-corrected chi connectivity index (χ0v) is 21.2. The number of aromatic nitrogens is 1. The summed E-state index contributed by atoms with van der Waals surface area (Å²) in [5, 5.41) is 0. The highest BCUT2D eigenvalue weighted by molar-refractivity contribution is 6.01. The molecule has 188 valence electrons. The van der Waals surface area contributed by atoms with Crippen LogP contribution in [0.5, 0.6) is 0 Å². The summed E-state index contributed by atoms with van der Waals surface area (Å²) >= 11 is 0. The Morgan fingerprint density at radius 2 is 1.78 bits per heavy atom. The lowest BCUT2D eigenvalue weighted by Crippen LogP contribution is -2.43. The summed E-state index contributed by atoms with van der Waals surface area (Å²) in [6, 6.07) is 21.2. The first-order valence-corrected chi connectivity index (χ1v) is 12.8. The Labute approximate surface area is 217 Å². The van der Waals surface area contributed by atoms with E-state index in [2.05, 4.69) is 43.1 Å². The molecule has 1 aromatic heterocycles. The van der Waals surface area contributed by atoms with Crippen LogP contribution in [0, 0.1) is 5.92 Å². The molecule has 5 rings (SSSR count). The molecule has 3 heterocycles. The van der Waals surface area contributed by atoms with Gasteiger partial charge in [0.2, 0.25) is 11.8 Å². The standard InChI is InChI=1S/C31H31N3O3/c1-21(2)16-26(25-12-6-11-24(18-25)23-9-4-3-5-10-23)31(37)33-15-13-27-30(33)28(35)20-34(27)29(36)17-22-8-7-14-32-19-22/h3-14,18-19,21,26,30H,15-17,20H2,1-2H3. The average molecular weight is 494 g/mol. The predicted octanol–water partition coefficient (Wildman–Crippen LogP) is 4.63. The fraction of sp³-hybridized carbons (Fsp3) is 0.290. The largest absolute Gasteiger partial charge is 0.323 e. The lowest BCUT2D eigenvalue weighted by Gasteiger charge is -2.29. The van der Waals surface area contributed by atoms with Gasteiger partial charge in [-0.3, -0.25) is 19.4 Å². The summed E-state index contributed by atoms with van der Waals surface area (Å²) < 4.78 is 0. The van der Waals surface area contributed by atoms with Crippen molar-refractivity contribution >= 4 is 17.6 Å². The van der Waals surface area contributed by atoms with Crippen LogP contribution in [0.25, 0.3) is 11.1 Å². The minimum atomic E-state index is -0.697. The molecule has 37 heavy (non-hydrogen) atoms. The molecule has 3 aromatic rings. The Balaban J connectivity index is 1.38. The third-order valence-corrected chi connectivity index (χ3v) is 7.08. The van der Waals surface area contributed by atoms with Crippen LogP contribution in [0.15, 0.2) is 90.9 Å². The van der Waals surface area contributed by atoms with Crippen LogP contribution in [0.2, 0.25) is 0 Å². The summed E-state index contributed by atoms with van der Waals surface area (Å²) in [5.41, 5.74) is 4.53. The molecular formula is C31H31N3O3. The maximum Gasteiger partial charge on any atom is 0.231 e. The lowest BCUT2D eigenvalue weighted by molar-refractivity contribution is -0.137. The molecule has 2 amide bonds. The number of amides is 2. The number of pyridine rings is 1. The molecule has 0 aliphatic carbocycles. The first kappa shape index (κ1) is 24.6. The molecule has 6 heteroatoms. The third kappa shape index (κ3) is 5.10. The number of fused-ring (bicyclic) bond motifs is 1. The lowest BCUT2D eigenvalue weighted by atomic mass is 9.87. The fourth-order valence-electron chi connectivity index (χ4n) is 5.34. The van der Waals surface area contributed by atoms with Crippen LogP contribution in [-0.2, 0) is 20.8 Å². The molecule has 0 bridgehead atoms. The highest BCUT2D eigenvalue weighted by Crippen LogP contribution is 2.35. The SMILES string of the molecule is CC(C)CC(C(=O)N1CC=C2C1C(=O)CN2C(=O)Cc1cccnc1)c1cccc(-c2ccccc2)c1. The fourth-order valence-corrected chi connectivity index (χ4v) is 5.34. The van der Waals surface area contributed by atoms with Crippen molar-refractivity contribution in [1.29, 1.82) is 0 Å². The number of likely N-dealkylation sites (tertiary alicyclic amines) is 1. The first-order valence-electron chi connectivity index (χ1n) is 12.8. The van der Waals surface area contributed by atoms with E-state index in [1.165, 1.54) is 0 Å². The number of benzene rings is 2. The van der Waals surface area contributed by atoms with E-state index in [1.807, 2.05) is 42.5 Å². The topological polar surface area (TPSA) is 70.6 Å². The zero-order valence-electron chi connectivity index (χ0n) is 21.2. The van der Waals surface area contributed by atoms with Crippen molar-refractivity contribution in [2.24, 2.45) is 5.92 Å². The molecule has 2 aliphatic rings. The van der Waals surface area contributed by atoms with Gasteiger partial charge in [0.05, 0.1) is 18.9 Å². The van der Waals surface area contributed by atoms with Gasteiger partial charge in [0, 0.05) is 24.6 Å². The Kier molecular flexibility index (Phi) is 6.99. The molecule has 2 atom stereocenters. The van der Waals surface area contributed by atoms with Crippen molar-refractivity contribution < 1.29 is 14.4 Å². The second-order valence-corrected chi connectivity index (χ2v) is 10.2. The molecule has 0 N–H and O–H groups in total. The number of carbonyl (C=O) groups excluding carboxylic acids is 3. The number of ketones is 1. The van der Waals surface area contributed by atoms with Crippen LogP contribution in [0.3, 0.4) is 0 Å². The van der Waals surface area contributed by atoms with Crippen molar-refractivity contribution in [3.63, 3.8) is 0 Å². The van der Waals surface area contributed by atoms with E-state index >= 15 is 0 Å². The van der Waals surface area contributed by atoms with E-state index in [4.69, 9.17) is 0 Å². The van der Waals surface area contributed by atoms with Gasteiger partial charge in [-0.1, -0.05) is 74.5 Å². The predicted molar refractivity (Wildman–Crippen MR) is 142 cm³/mol. The smallest absolute Gasteiger partial charge is 0.231 e. The van der Waals surface area contributed by atoms with E-state index in [0.29, 0.717) is 24.6 Å². The third-order valence-electron chi connectivity index (χ3n) is 7.08. The van der Waals surface area contributed by atoms with Gasteiger partial charge in [0.25, 0.3) is 0 Å². The summed E-state index contributed by atoms with van der Waals surface area (Å²) in [7, 11) is 0. The van der Waals surface area contributed by atoms with Gasteiger partial charge in [-0.25, -0.2) is 0 Å². The molecule has 0 spiro atoms. The van der Waals surface area contributed by atoms with E-state index in [1.54, 1.807) is 28.3 Å². The molecule has 2 unspecified atom stereocenters. The summed E-state index contributed by atoms with van der Waals surface area (Å²) in [5.74, 6) is -0.410. The quantitative estimate of drug-likeness (QED) is 0.481. The van der Waals surface area contributed by atoms with Crippen molar-refractivity contribution in [3.8, 4) is 11.1 Å². The van der Waals surface area contributed by atoms with Crippen LogP contribution >= 0.6 is 0 Å². The van der Waals surface area contributed by atoms with Crippen molar-refractivity contribution in [1.82, 2.24) is 14.8 Å². The number of rotatable bonds is 7. The van der Waals surface area contributed by atoms with Crippen LogP contribution < -0.4 is 0 Å². The van der Waals surface area contributed by atoms with Crippen LogP contribution in [0.4, 0.5) is 0 Å². The number of Topliss-reactive ketones (excluding diaryl/α,β-unsaturated/α-hetero) is 1. The Bertz CT molecular complexity index is 1330. The van der Waals surface area contributed by atoms with Gasteiger partial charge in [0.1, 0.15) is 6.04 Å². The van der Waals surface area contributed by atoms with Gasteiger partial charge in [-0.15, -0.1) is 0 Å². The van der Waals surface area contributed by atoms with Gasteiger partial charge >= 0.3 is 0 Å². The van der Waals surface area contributed by atoms with E-state index in [-0.39, 0.29) is 36.5 Å². The number of hydrogen-bond donors (Lipinski definition) is 0. The first-order chi connectivity index (χ1) is 17.9. The molecule has 2 aliphatic heterocycles. The van der Waals surface area contributed by atoms with Gasteiger partial charge < -0.3 is 9.80 Å². The maximum absolute atomic E-state index is 14.0. The second-order valence-electron chi connectivity index (χ2n) is 10.2. The Morgan fingerprint density at radius 1 is 1.00 bits per heavy atom. The van der Waals surface area contributed by atoms with Crippen molar-refractivity contribution in [2.45, 2.75) is 38.6 Å². The van der Waals surface area contributed by atoms with Crippen molar-refractivity contribution in [3.05, 3.63) is 102 Å². The minimum absolute atomic E-state index is 0.00227. The van der Waals surface area contributed by atoms with E-state index in [9.17, 15) is 14.4 Å². The Morgan fingerprint density at radius 3 is 2.51 bits per heavy atom. The van der Waals surface area contributed by atoms with E-state index in [0.717, 1.165) is 22.3 Å². The number of nitrogens with zero attached hydrogens (tertiary/aromatic N) is 3. The van der Waals surface area contributed by atoms with Crippen LogP contribution in [-0.4, -0.2) is 51.5 Å². The molecule has 0 saturated carbocycles. The molecule has 0 radical (unpaired) electrons. The summed E-state index contributed by atoms with van der Waals surface area (Å²) in [6.45, 7) is 4.54. The average Bonchev–Trinajstić information content (AvgIpc) is 3.49. The van der Waals surface area contributed by atoms with Gasteiger partial charge in [0.15, 0.2) is 5.78 Å². The monoisotopic (exact) mass is 493 g/mol. The second kappa shape index (κ2) is 10.5. The highest BCUT2D eigenvalue weighted by Gasteiger charge is 2.47. The molecule has 6 nitrogen and oxygen atoms in total. The number of carbonyl (C=O) groups is 3. The summed E-state index contributed by atoms with van der Waals surface area (Å²) in [4.78, 5) is 47.5. The minimum Gasteiger partial charge on any atom is -0.323 e. The molecule has 2 aromatic carbocycles. The molecule has 1 fully saturated rings.